The molecule has 1 unspecified atom stereocenters. The Kier molecular flexibility index (Phi) is 4.94. The van der Waals surface area contributed by atoms with Crippen LogP contribution < -0.4 is 4.72 Å². The van der Waals surface area contributed by atoms with Gasteiger partial charge in [0, 0.05) is 11.1 Å². The van der Waals surface area contributed by atoms with Crippen molar-refractivity contribution in [3.63, 3.8) is 0 Å². The Morgan fingerprint density at radius 1 is 1.16 bits per heavy atom. The van der Waals surface area contributed by atoms with Crippen molar-refractivity contribution in [2.24, 2.45) is 5.41 Å². The molecule has 0 fully saturated rings. The van der Waals surface area contributed by atoms with Gasteiger partial charge in [0.2, 0.25) is 10.0 Å². The van der Waals surface area contributed by atoms with Crippen LogP contribution in [0.25, 0.3) is 0 Å². The average Bonchev–Trinajstić information content (AvgIpc) is 2.21. The van der Waals surface area contributed by atoms with E-state index in [0.717, 1.165) is 0 Å². The second kappa shape index (κ2) is 5.60. The SMILES string of the molecule is Cc1cc(S(=O)(=O)NC(C)C(C)(C)C)c(Cl)cc1Cl. The summed E-state index contributed by atoms with van der Waals surface area (Å²) in [5, 5.41) is 0.581. The van der Waals surface area contributed by atoms with Gasteiger partial charge in [-0.3, -0.25) is 0 Å². The summed E-state index contributed by atoms with van der Waals surface area (Å²) in [6.07, 6.45) is 0. The lowest BCUT2D eigenvalue weighted by molar-refractivity contribution is 0.317. The second-order valence-corrected chi connectivity index (χ2v) is 8.24. The minimum Gasteiger partial charge on any atom is -0.208 e. The van der Waals surface area contributed by atoms with Crippen LogP contribution in [0, 0.1) is 12.3 Å². The quantitative estimate of drug-likeness (QED) is 0.913. The van der Waals surface area contributed by atoms with Crippen LogP contribution in [-0.4, -0.2) is 14.5 Å². The normalized spacial score (nSPS) is 14.5. The van der Waals surface area contributed by atoms with E-state index in [9.17, 15) is 8.42 Å². The third-order valence-corrected chi connectivity index (χ3v) is 5.55. The maximum Gasteiger partial charge on any atom is 0.242 e. The van der Waals surface area contributed by atoms with Gasteiger partial charge in [-0.05, 0) is 37.0 Å². The fraction of sp³-hybridized carbons (Fsp3) is 0.538. The monoisotopic (exact) mass is 323 g/mol. The zero-order chi connectivity index (χ0) is 15.0. The zero-order valence-corrected chi connectivity index (χ0v) is 14.0. The van der Waals surface area contributed by atoms with Gasteiger partial charge in [0.1, 0.15) is 4.90 Å². The maximum absolute atomic E-state index is 12.3. The van der Waals surface area contributed by atoms with Crippen molar-refractivity contribution in [2.45, 2.75) is 45.6 Å². The molecule has 0 bridgehead atoms. The standard InChI is InChI=1S/C13H19Cl2NO2S/c1-8-6-12(11(15)7-10(8)14)19(17,18)16-9(2)13(3,4)5/h6-7,9,16H,1-5H3. The highest BCUT2D eigenvalue weighted by Gasteiger charge is 2.27. The highest BCUT2D eigenvalue weighted by atomic mass is 35.5. The molecule has 0 aliphatic heterocycles. The van der Waals surface area contributed by atoms with Crippen LogP contribution in [0.1, 0.15) is 33.3 Å². The number of halogens is 2. The molecule has 0 saturated heterocycles. The molecule has 0 aliphatic rings. The maximum atomic E-state index is 12.3. The lowest BCUT2D eigenvalue weighted by Gasteiger charge is -2.28. The Balaban J connectivity index is 3.19. The summed E-state index contributed by atoms with van der Waals surface area (Å²) in [6, 6.07) is 2.72. The predicted molar refractivity (Wildman–Crippen MR) is 80.4 cm³/mol. The van der Waals surface area contributed by atoms with E-state index in [2.05, 4.69) is 4.72 Å². The van der Waals surface area contributed by atoms with Gasteiger partial charge < -0.3 is 0 Å². The van der Waals surface area contributed by atoms with Gasteiger partial charge >= 0.3 is 0 Å². The molecule has 0 aromatic heterocycles. The summed E-state index contributed by atoms with van der Waals surface area (Å²) in [5.74, 6) is 0. The Morgan fingerprint density at radius 2 is 1.68 bits per heavy atom. The fourth-order valence-electron chi connectivity index (χ4n) is 1.31. The van der Waals surface area contributed by atoms with Gasteiger partial charge in [-0.1, -0.05) is 44.0 Å². The van der Waals surface area contributed by atoms with Crippen molar-refractivity contribution < 1.29 is 8.42 Å². The first kappa shape index (κ1) is 16.8. The van der Waals surface area contributed by atoms with Gasteiger partial charge in [-0.25, -0.2) is 13.1 Å². The molecule has 108 valence electrons. The highest BCUT2D eigenvalue weighted by Crippen LogP contribution is 2.29. The molecule has 3 nitrogen and oxygen atoms in total. The van der Waals surface area contributed by atoms with Gasteiger partial charge in [0.25, 0.3) is 0 Å². The molecule has 0 aliphatic carbocycles. The minimum atomic E-state index is -3.65. The first-order valence-corrected chi connectivity index (χ1v) is 8.17. The predicted octanol–water partition coefficient (Wildman–Crippen LogP) is 4.01. The summed E-state index contributed by atoms with van der Waals surface area (Å²) in [7, 11) is -3.65. The van der Waals surface area contributed by atoms with Crippen molar-refractivity contribution in [3.8, 4) is 0 Å². The third kappa shape index (κ3) is 4.09. The molecule has 1 N–H and O–H groups in total. The first-order valence-electron chi connectivity index (χ1n) is 5.93. The molecule has 0 amide bonds. The fourth-order valence-corrected chi connectivity index (χ4v) is 3.59. The molecule has 1 aromatic carbocycles. The number of benzene rings is 1. The summed E-state index contributed by atoms with van der Waals surface area (Å²) >= 11 is 11.9. The van der Waals surface area contributed by atoms with E-state index in [4.69, 9.17) is 23.2 Å². The number of nitrogens with one attached hydrogen (secondary N) is 1. The molecule has 1 aromatic rings. The van der Waals surface area contributed by atoms with Crippen LogP contribution in [-0.2, 0) is 10.0 Å². The summed E-state index contributed by atoms with van der Waals surface area (Å²) < 4.78 is 27.3. The van der Waals surface area contributed by atoms with Crippen LogP contribution in [0.2, 0.25) is 10.0 Å². The van der Waals surface area contributed by atoms with E-state index in [1.807, 2.05) is 27.7 Å². The molecule has 6 heteroatoms. The lowest BCUT2D eigenvalue weighted by Crippen LogP contribution is -2.41. The van der Waals surface area contributed by atoms with Gasteiger partial charge in [-0.15, -0.1) is 0 Å². The zero-order valence-electron chi connectivity index (χ0n) is 11.7. The number of sulfonamides is 1. The third-order valence-electron chi connectivity index (χ3n) is 3.13. The van der Waals surface area contributed by atoms with Crippen LogP contribution >= 0.6 is 23.2 Å². The van der Waals surface area contributed by atoms with Gasteiger partial charge in [-0.2, -0.15) is 0 Å². The van der Waals surface area contributed by atoms with E-state index in [0.29, 0.717) is 10.6 Å². The summed E-state index contributed by atoms with van der Waals surface area (Å²) in [4.78, 5) is 0.0622. The van der Waals surface area contributed by atoms with Crippen molar-refractivity contribution >= 4 is 33.2 Å². The largest absolute Gasteiger partial charge is 0.242 e. The molecule has 0 heterocycles. The number of hydrogen-bond donors (Lipinski definition) is 1. The highest BCUT2D eigenvalue weighted by molar-refractivity contribution is 7.89. The van der Waals surface area contributed by atoms with Crippen LogP contribution in [0.15, 0.2) is 17.0 Å². The van der Waals surface area contributed by atoms with Crippen molar-refractivity contribution in [3.05, 3.63) is 27.7 Å². The van der Waals surface area contributed by atoms with Crippen molar-refractivity contribution in [1.29, 1.82) is 0 Å². The molecule has 0 saturated carbocycles. The van der Waals surface area contributed by atoms with E-state index in [-0.39, 0.29) is 21.4 Å². The molecule has 1 atom stereocenters. The lowest BCUT2D eigenvalue weighted by atomic mass is 9.89. The molecule has 19 heavy (non-hydrogen) atoms. The summed E-state index contributed by atoms with van der Waals surface area (Å²) in [5.41, 5.74) is 0.496. The molecule has 0 spiro atoms. The van der Waals surface area contributed by atoms with Crippen LogP contribution in [0.3, 0.4) is 0 Å². The Bertz CT molecular complexity index is 577. The van der Waals surface area contributed by atoms with Crippen molar-refractivity contribution in [1.82, 2.24) is 4.72 Å². The van der Waals surface area contributed by atoms with E-state index in [1.54, 1.807) is 6.92 Å². The molecular formula is C13H19Cl2NO2S. The van der Waals surface area contributed by atoms with Crippen LogP contribution in [0.4, 0.5) is 0 Å². The smallest absolute Gasteiger partial charge is 0.208 e. The van der Waals surface area contributed by atoms with E-state index in [1.165, 1.54) is 12.1 Å². The minimum absolute atomic E-state index is 0.0622. The van der Waals surface area contributed by atoms with Crippen molar-refractivity contribution in [2.75, 3.05) is 0 Å². The number of rotatable bonds is 3. The summed E-state index contributed by atoms with van der Waals surface area (Å²) in [6.45, 7) is 9.47. The van der Waals surface area contributed by atoms with Gasteiger partial charge in [0.05, 0.1) is 5.02 Å². The topological polar surface area (TPSA) is 46.2 Å². The molecule has 0 radical (unpaired) electrons. The Labute approximate surface area is 125 Å². The van der Waals surface area contributed by atoms with E-state index < -0.39 is 10.0 Å². The van der Waals surface area contributed by atoms with E-state index >= 15 is 0 Å². The van der Waals surface area contributed by atoms with Gasteiger partial charge in [0.15, 0.2) is 0 Å². The Hall–Kier alpha value is -0.290. The second-order valence-electron chi connectivity index (χ2n) is 5.74. The average molecular weight is 324 g/mol. The number of aryl methyl sites for hydroxylation is 1. The Morgan fingerprint density at radius 3 is 2.16 bits per heavy atom. The molecule has 1 rings (SSSR count). The first-order chi connectivity index (χ1) is 8.45. The van der Waals surface area contributed by atoms with Crippen LogP contribution in [0.5, 0.6) is 0 Å². The number of hydrogen-bond acceptors (Lipinski definition) is 2. The molecular weight excluding hydrogens is 305 g/mol.